The second kappa shape index (κ2) is 7.79. The molecule has 2 fully saturated rings. The van der Waals surface area contributed by atoms with Crippen LogP contribution in [0.1, 0.15) is 72.1 Å². The summed E-state index contributed by atoms with van der Waals surface area (Å²) < 4.78 is 0. The second-order valence-corrected chi connectivity index (χ2v) is 7.66. The minimum atomic E-state index is 0.553. The van der Waals surface area contributed by atoms with Gasteiger partial charge in [-0.1, -0.05) is 39.5 Å². The Hall–Kier alpha value is -0.0800. The van der Waals surface area contributed by atoms with Crippen LogP contribution in [-0.4, -0.2) is 37.1 Å². The molecular formula is C18H36N2. The molecule has 1 saturated heterocycles. The van der Waals surface area contributed by atoms with Gasteiger partial charge in [0.25, 0.3) is 0 Å². The molecule has 1 N–H and O–H groups in total. The smallest absolute Gasteiger partial charge is 0.00673 e. The van der Waals surface area contributed by atoms with E-state index in [4.69, 9.17) is 0 Å². The molecule has 2 unspecified atom stereocenters. The van der Waals surface area contributed by atoms with Crippen molar-refractivity contribution in [3.8, 4) is 0 Å². The van der Waals surface area contributed by atoms with Crippen molar-refractivity contribution < 1.29 is 0 Å². The van der Waals surface area contributed by atoms with Gasteiger partial charge in [0, 0.05) is 25.7 Å². The summed E-state index contributed by atoms with van der Waals surface area (Å²) in [6, 6.07) is 0.799. The molecule has 1 aliphatic heterocycles. The summed E-state index contributed by atoms with van der Waals surface area (Å²) >= 11 is 0. The quantitative estimate of drug-likeness (QED) is 0.764. The van der Waals surface area contributed by atoms with Crippen LogP contribution in [0, 0.1) is 11.3 Å². The summed E-state index contributed by atoms with van der Waals surface area (Å²) in [6.45, 7) is 12.2. The molecular weight excluding hydrogens is 244 g/mol. The fraction of sp³-hybridized carbons (Fsp3) is 1.00. The Morgan fingerprint density at radius 3 is 2.40 bits per heavy atom. The van der Waals surface area contributed by atoms with Gasteiger partial charge in [0.05, 0.1) is 0 Å². The van der Waals surface area contributed by atoms with Gasteiger partial charge < -0.3 is 5.32 Å². The van der Waals surface area contributed by atoms with E-state index in [1.54, 1.807) is 0 Å². The molecule has 2 heteroatoms. The third-order valence-corrected chi connectivity index (χ3v) is 5.70. The van der Waals surface area contributed by atoms with E-state index >= 15 is 0 Å². The molecule has 20 heavy (non-hydrogen) atoms. The predicted molar refractivity (Wildman–Crippen MR) is 88.1 cm³/mol. The molecule has 0 amide bonds. The fourth-order valence-electron chi connectivity index (χ4n) is 4.29. The van der Waals surface area contributed by atoms with Crippen molar-refractivity contribution in [2.24, 2.45) is 11.3 Å². The SMILES string of the molecule is CCNCC1(CN2CC(C)CCC2C)CCCCCC1. The van der Waals surface area contributed by atoms with E-state index in [-0.39, 0.29) is 0 Å². The van der Waals surface area contributed by atoms with Crippen molar-refractivity contribution in [3.63, 3.8) is 0 Å². The number of piperidine rings is 1. The third-order valence-electron chi connectivity index (χ3n) is 5.70. The monoisotopic (exact) mass is 280 g/mol. The highest BCUT2D eigenvalue weighted by Gasteiger charge is 2.35. The Morgan fingerprint density at radius 2 is 1.75 bits per heavy atom. The van der Waals surface area contributed by atoms with E-state index in [1.165, 1.54) is 71.0 Å². The topological polar surface area (TPSA) is 15.3 Å². The van der Waals surface area contributed by atoms with Gasteiger partial charge >= 0.3 is 0 Å². The van der Waals surface area contributed by atoms with Gasteiger partial charge in [-0.25, -0.2) is 0 Å². The van der Waals surface area contributed by atoms with Gasteiger partial charge in [-0.05, 0) is 50.5 Å². The maximum atomic E-state index is 3.68. The first-order chi connectivity index (χ1) is 9.65. The van der Waals surface area contributed by atoms with E-state index in [2.05, 4.69) is 31.0 Å². The van der Waals surface area contributed by atoms with Gasteiger partial charge in [-0.2, -0.15) is 0 Å². The first-order valence-corrected chi connectivity index (χ1v) is 9.10. The van der Waals surface area contributed by atoms with Gasteiger partial charge in [0.2, 0.25) is 0 Å². The average Bonchev–Trinajstić information content (AvgIpc) is 2.67. The molecule has 2 aliphatic rings. The van der Waals surface area contributed by atoms with Crippen molar-refractivity contribution in [3.05, 3.63) is 0 Å². The van der Waals surface area contributed by atoms with Crippen LogP contribution in [0.25, 0.3) is 0 Å². The first-order valence-electron chi connectivity index (χ1n) is 9.10. The van der Waals surface area contributed by atoms with Crippen LogP contribution in [0.5, 0.6) is 0 Å². The average molecular weight is 280 g/mol. The normalized spacial score (nSPS) is 31.9. The molecule has 0 radical (unpaired) electrons. The summed E-state index contributed by atoms with van der Waals surface area (Å²) in [5.74, 6) is 0.896. The lowest BCUT2D eigenvalue weighted by Gasteiger charge is -2.44. The molecule has 0 aromatic rings. The highest BCUT2D eigenvalue weighted by atomic mass is 15.2. The molecule has 2 rings (SSSR count). The van der Waals surface area contributed by atoms with Gasteiger partial charge in [0.1, 0.15) is 0 Å². The van der Waals surface area contributed by atoms with Crippen LogP contribution in [0.2, 0.25) is 0 Å². The maximum Gasteiger partial charge on any atom is 0.00673 e. The van der Waals surface area contributed by atoms with Gasteiger partial charge in [-0.15, -0.1) is 0 Å². The Kier molecular flexibility index (Phi) is 6.35. The lowest BCUT2D eigenvalue weighted by Crippen LogP contribution is -2.50. The standard InChI is InChI=1S/C18H36N2/c1-4-19-14-18(11-7-5-6-8-12-18)15-20-13-16(2)9-10-17(20)3/h16-17,19H,4-15H2,1-3H3. The number of rotatable bonds is 5. The second-order valence-electron chi connectivity index (χ2n) is 7.66. The highest BCUT2D eigenvalue weighted by Crippen LogP contribution is 2.37. The fourth-order valence-corrected chi connectivity index (χ4v) is 4.29. The Balaban J connectivity index is 2.01. The zero-order chi connectivity index (χ0) is 14.4. The van der Waals surface area contributed by atoms with E-state index in [1.807, 2.05) is 0 Å². The van der Waals surface area contributed by atoms with Gasteiger partial charge in [-0.3, -0.25) is 4.90 Å². The van der Waals surface area contributed by atoms with Crippen LogP contribution in [-0.2, 0) is 0 Å². The molecule has 1 aliphatic carbocycles. The Labute approximate surface area is 126 Å². The lowest BCUT2D eigenvalue weighted by atomic mass is 9.78. The van der Waals surface area contributed by atoms with Crippen LogP contribution >= 0.6 is 0 Å². The van der Waals surface area contributed by atoms with Crippen molar-refractivity contribution in [1.82, 2.24) is 10.2 Å². The third kappa shape index (κ3) is 4.46. The van der Waals surface area contributed by atoms with E-state index in [0.29, 0.717) is 5.41 Å². The highest BCUT2D eigenvalue weighted by molar-refractivity contribution is 4.90. The molecule has 2 nitrogen and oxygen atoms in total. The minimum absolute atomic E-state index is 0.553. The van der Waals surface area contributed by atoms with Crippen LogP contribution in [0.4, 0.5) is 0 Å². The molecule has 0 spiro atoms. The van der Waals surface area contributed by atoms with Crippen LogP contribution < -0.4 is 5.32 Å². The predicted octanol–water partition coefficient (Wildman–Crippen LogP) is 4.06. The minimum Gasteiger partial charge on any atom is -0.316 e. The van der Waals surface area contributed by atoms with Crippen LogP contribution in [0.3, 0.4) is 0 Å². The maximum absolute atomic E-state index is 3.68. The number of likely N-dealkylation sites (tertiary alicyclic amines) is 1. The zero-order valence-electron chi connectivity index (χ0n) is 14.1. The van der Waals surface area contributed by atoms with Crippen LogP contribution in [0.15, 0.2) is 0 Å². The number of nitrogens with one attached hydrogen (secondary N) is 1. The summed E-state index contributed by atoms with van der Waals surface area (Å²) in [4.78, 5) is 2.82. The van der Waals surface area contributed by atoms with E-state index < -0.39 is 0 Å². The van der Waals surface area contributed by atoms with Crippen molar-refractivity contribution in [1.29, 1.82) is 0 Å². The summed E-state index contributed by atoms with van der Waals surface area (Å²) in [7, 11) is 0. The van der Waals surface area contributed by atoms with E-state index in [9.17, 15) is 0 Å². The number of nitrogens with zero attached hydrogens (tertiary/aromatic N) is 1. The summed E-state index contributed by atoms with van der Waals surface area (Å²) in [5, 5.41) is 3.68. The molecule has 2 atom stereocenters. The Bertz CT molecular complexity index is 269. The molecule has 0 aromatic heterocycles. The Morgan fingerprint density at radius 1 is 1.05 bits per heavy atom. The molecule has 118 valence electrons. The lowest BCUT2D eigenvalue weighted by molar-refractivity contribution is 0.0571. The van der Waals surface area contributed by atoms with Crippen molar-refractivity contribution in [2.75, 3.05) is 26.2 Å². The molecule has 0 bridgehead atoms. The molecule has 0 aromatic carbocycles. The molecule has 1 saturated carbocycles. The number of hydrogen-bond acceptors (Lipinski definition) is 2. The summed E-state index contributed by atoms with van der Waals surface area (Å²) in [6.07, 6.45) is 11.5. The number of hydrogen-bond donors (Lipinski definition) is 1. The van der Waals surface area contributed by atoms with Crippen molar-refractivity contribution >= 4 is 0 Å². The first kappa shape index (κ1) is 16.3. The van der Waals surface area contributed by atoms with Gasteiger partial charge in [0.15, 0.2) is 0 Å². The zero-order valence-corrected chi connectivity index (χ0v) is 14.1. The van der Waals surface area contributed by atoms with E-state index in [0.717, 1.165) is 18.5 Å². The largest absolute Gasteiger partial charge is 0.316 e. The molecule has 1 heterocycles. The summed E-state index contributed by atoms with van der Waals surface area (Å²) in [5.41, 5.74) is 0.553. The van der Waals surface area contributed by atoms with Crippen molar-refractivity contribution in [2.45, 2.75) is 78.2 Å².